The van der Waals surface area contributed by atoms with Gasteiger partial charge in [0, 0.05) is 102 Å². The maximum atomic E-state index is 14.1. The average Bonchev–Trinajstić information content (AvgIpc) is 3.95. The highest BCUT2D eigenvalue weighted by Crippen LogP contribution is 2.38. The Bertz CT molecular complexity index is 2190. The third-order valence-electron chi connectivity index (χ3n) is 13.3. The van der Waals surface area contributed by atoms with Crippen molar-refractivity contribution in [1.29, 1.82) is 0 Å². The van der Waals surface area contributed by atoms with Gasteiger partial charge < -0.3 is 39.8 Å². The van der Waals surface area contributed by atoms with Gasteiger partial charge >= 0.3 is 0 Å². The summed E-state index contributed by atoms with van der Waals surface area (Å²) in [5, 5.41) is 11.7. The lowest BCUT2D eigenvalue weighted by Gasteiger charge is -2.40. The minimum absolute atomic E-state index is 0.0459. The molecule has 0 spiro atoms. The first-order chi connectivity index (χ1) is 29.7. The van der Waals surface area contributed by atoms with Gasteiger partial charge in [0.05, 0.1) is 35.7 Å². The number of nitrogens with zero attached hydrogens (tertiary/aromatic N) is 8. The average molecular weight is 833 g/mol. The van der Waals surface area contributed by atoms with Crippen molar-refractivity contribution in [3.05, 3.63) is 64.9 Å². The van der Waals surface area contributed by atoms with Gasteiger partial charge in [-0.25, -0.2) is 5.01 Å². The predicted molar refractivity (Wildman–Crippen MR) is 228 cm³/mol. The van der Waals surface area contributed by atoms with Crippen molar-refractivity contribution in [3.63, 3.8) is 0 Å². The molecule has 7 aliphatic heterocycles. The summed E-state index contributed by atoms with van der Waals surface area (Å²) in [6.45, 7) is 7.42. The lowest BCUT2D eigenvalue weighted by atomic mass is 9.94. The number of rotatable bonds is 12. The monoisotopic (exact) mass is 832 g/mol. The lowest BCUT2D eigenvalue weighted by Crippen LogP contribution is -2.48. The number of hydrogen-bond donors (Lipinski definition) is 2. The summed E-state index contributed by atoms with van der Waals surface area (Å²) >= 11 is 0. The zero-order valence-electron chi connectivity index (χ0n) is 34.4. The van der Waals surface area contributed by atoms with E-state index in [0.717, 1.165) is 80.2 Å². The normalized spacial score (nSPS) is 23.4. The third kappa shape index (κ3) is 7.80. The molecule has 3 atom stereocenters. The Kier molecular flexibility index (Phi) is 11.4. The number of amides is 5. The molecular weight excluding hydrogens is 781 g/mol. The van der Waals surface area contributed by atoms with Crippen LogP contribution in [-0.2, 0) is 25.7 Å². The van der Waals surface area contributed by atoms with Gasteiger partial charge in [-0.3, -0.25) is 33.9 Å². The van der Waals surface area contributed by atoms with Crippen LogP contribution in [0.5, 0.6) is 0 Å². The van der Waals surface area contributed by atoms with Crippen LogP contribution in [0.2, 0.25) is 0 Å². The number of carbonyl (C=O) groups excluding carboxylic acids is 6. The number of morpholine rings is 1. The van der Waals surface area contributed by atoms with Gasteiger partial charge in [0.1, 0.15) is 18.2 Å². The van der Waals surface area contributed by atoms with Gasteiger partial charge in [-0.2, -0.15) is 5.10 Å². The number of ether oxygens (including phenoxy) is 1. The van der Waals surface area contributed by atoms with Crippen molar-refractivity contribution in [2.24, 2.45) is 21.9 Å². The number of fused-ring (bicyclic) bond motifs is 3. The number of nitrogens with one attached hydrogen (secondary N) is 2. The Balaban J connectivity index is 0.791. The van der Waals surface area contributed by atoms with Crippen LogP contribution in [-0.4, -0.2) is 152 Å². The standard InChI is InChI=1S/C44H52N10O7/c1-45-41(57)37(4-2-19-55)54-43(59)32-6-5-31(23-34(32)44(54)60)50-15-7-28(8-16-50)26-49-13-9-30(10-14-49)52-27-29-22-36(38(24-33(29)42(52)58)51-17-20-61-21-18-51)48-40(56)35-25-47-53-12-3-11-46-39(35)53/h3,5-6,11-12,19,22-25,28,30,35,37,39H,2,4,7-10,13-18,20-21,26-27H2,1H3,(H,45,57)(H,48,56). The second kappa shape index (κ2) is 17.2. The third-order valence-corrected chi connectivity index (χ3v) is 13.3. The second-order valence-electron chi connectivity index (χ2n) is 16.8. The predicted octanol–water partition coefficient (Wildman–Crippen LogP) is 2.33. The summed E-state index contributed by atoms with van der Waals surface area (Å²) in [5.74, 6) is -1.68. The topological polar surface area (TPSA) is 180 Å². The Morgan fingerprint density at radius 2 is 1.67 bits per heavy atom. The number of likely N-dealkylation sites (tertiary alicyclic amines) is 1. The van der Waals surface area contributed by atoms with Crippen molar-refractivity contribution in [3.8, 4) is 0 Å². The number of likely N-dealkylation sites (N-methyl/N-ethyl adjacent to an activating group) is 1. The summed E-state index contributed by atoms with van der Waals surface area (Å²) in [6.07, 6.45) is 11.1. The Labute approximate surface area is 354 Å². The zero-order chi connectivity index (χ0) is 42.2. The molecule has 0 bridgehead atoms. The SMILES string of the molecule is CNC(=O)C(CCC=O)N1C(=O)c2ccc(N3CCC(CN4CCC(N5Cc6cc(NC(=O)C7C=NN8C=CC=NC78)c(N7CCOCC7)cc6C5=O)CC4)CC3)cc2C1=O. The quantitative estimate of drug-likeness (QED) is 0.237. The molecule has 0 saturated carbocycles. The van der Waals surface area contributed by atoms with E-state index in [2.05, 4.69) is 35.4 Å². The maximum Gasteiger partial charge on any atom is 0.262 e. The van der Waals surface area contributed by atoms with Gasteiger partial charge in [0.25, 0.3) is 17.7 Å². The van der Waals surface area contributed by atoms with E-state index in [1.165, 1.54) is 7.05 Å². The highest BCUT2D eigenvalue weighted by Gasteiger charge is 2.43. The molecule has 320 valence electrons. The highest BCUT2D eigenvalue weighted by atomic mass is 16.5. The maximum absolute atomic E-state index is 14.1. The number of hydrogen-bond acceptors (Lipinski definition) is 13. The van der Waals surface area contributed by atoms with Crippen molar-refractivity contribution in [1.82, 2.24) is 25.0 Å². The molecule has 0 aromatic heterocycles. The molecule has 3 unspecified atom stereocenters. The lowest BCUT2D eigenvalue weighted by molar-refractivity contribution is -0.125. The Morgan fingerprint density at radius 1 is 0.902 bits per heavy atom. The molecule has 3 fully saturated rings. The van der Waals surface area contributed by atoms with E-state index in [1.807, 2.05) is 23.1 Å². The highest BCUT2D eigenvalue weighted by molar-refractivity contribution is 6.23. The fourth-order valence-corrected chi connectivity index (χ4v) is 9.91. The van der Waals surface area contributed by atoms with Gasteiger partial charge in [-0.15, -0.1) is 0 Å². The summed E-state index contributed by atoms with van der Waals surface area (Å²) in [7, 11) is 1.45. The first kappa shape index (κ1) is 40.5. The van der Waals surface area contributed by atoms with Crippen LogP contribution in [0.25, 0.3) is 0 Å². The molecule has 17 nitrogen and oxygen atoms in total. The van der Waals surface area contributed by atoms with Gasteiger partial charge in [-0.1, -0.05) is 0 Å². The molecule has 17 heteroatoms. The number of anilines is 3. The molecule has 5 amide bonds. The van der Waals surface area contributed by atoms with Crippen molar-refractivity contribution in [2.75, 3.05) is 81.2 Å². The molecule has 61 heavy (non-hydrogen) atoms. The molecule has 7 heterocycles. The van der Waals surface area contributed by atoms with Crippen LogP contribution in [0.1, 0.15) is 75.2 Å². The summed E-state index contributed by atoms with van der Waals surface area (Å²) in [5.41, 5.74) is 4.58. The van der Waals surface area contributed by atoms with E-state index >= 15 is 0 Å². The van der Waals surface area contributed by atoms with Crippen LogP contribution < -0.4 is 20.4 Å². The largest absolute Gasteiger partial charge is 0.378 e. The van der Waals surface area contributed by atoms with Gasteiger partial charge in [0.15, 0.2) is 6.17 Å². The van der Waals surface area contributed by atoms with E-state index in [0.29, 0.717) is 56.3 Å². The molecule has 2 aromatic carbocycles. The van der Waals surface area contributed by atoms with Gasteiger partial charge in [-0.05, 0) is 80.0 Å². The molecule has 2 N–H and O–H groups in total. The minimum Gasteiger partial charge on any atom is -0.378 e. The molecule has 0 aliphatic carbocycles. The second-order valence-corrected chi connectivity index (χ2v) is 16.8. The minimum atomic E-state index is -1.04. The molecular formula is C44H52N10O7. The smallest absolute Gasteiger partial charge is 0.262 e. The van der Waals surface area contributed by atoms with Crippen molar-refractivity contribution in [2.45, 2.75) is 63.3 Å². The molecule has 3 saturated heterocycles. The van der Waals surface area contributed by atoms with Crippen LogP contribution >= 0.6 is 0 Å². The summed E-state index contributed by atoms with van der Waals surface area (Å²) < 4.78 is 5.62. The number of carbonyl (C=O) groups is 6. The van der Waals surface area contributed by atoms with E-state index in [-0.39, 0.29) is 41.8 Å². The summed E-state index contributed by atoms with van der Waals surface area (Å²) in [4.78, 5) is 92.6. The summed E-state index contributed by atoms with van der Waals surface area (Å²) in [6, 6.07) is 8.35. The van der Waals surface area contributed by atoms with Gasteiger partial charge in [0.2, 0.25) is 11.8 Å². The number of piperidine rings is 2. The number of allylic oxidation sites excluding steroid dienone is 1. The number of aliphatic imine (C=N–C) groups is 1. The van der Waals surface area contributed by atoms with E-state index in [9.17, 15) is 28.8 Å². The number of imide groups is 1. The molecule has 0 radical (unpaired) electrons. The fourth-order valence-electron chi connectivity index (χ4n) is 9.91. The van der Waals surface area contributed by atoms with Crippen LogP contribution in [0.15, 0.2) is 52.7 Å². The molecule has 2 aromatic rings. The van der Waals surface area contributed by atoms with E-state index < -0.39 is 35.8 Å². The number of aldehydes is 1. The number of benzene rings is 2. The van der Waals surface area contributed by atoms with Crippen molar-refractivity contribution >= 4 is 65.3 Å². The van der Waals surface area contributed by atoms with Crippen LogP contribution in [0.3, 0.4) is 0 Å². The molecule has 7 aliphatic rings. The first-order valence-corrected chi connectivity index (χ1v) is 21.5. The van der Waals surface area contributed by atoms with Crippen LogP contribution in [0.4, 0.5) is 17.1 Å². The fraction of sp³-hybridized carbons (Fsp3) is 0.500. The van der Waals surface area contributed by atoms with Crippen molar-refractivity contribution < 1.29 is 33.5 Å². The first-order valence-electron chi connectivity index (χ1n) is 21.5. The Hall–Kier alpha value is -5.94. The molecule has 9 rings (SSSR count). The Morgan fingerprint density at radius 3 is 2.43 bits per heavy atom. The zero-order valence-corrected chi connectivity index (χ0v) is 34.4. The van der Waals surface area contributed by atoms with E-state index in [1.54, 1.807) is 41.8 Å². The van der Waals surface area contributed by atoms with Crippen LogP contribution in [0, 0.1) is 11.8 Å². The number of hydrazone groups is 1. The van der Waals surface area contributed by atoms with E-state index in [4.69, 9.17) is 4.74 Å².